The van der Waals surface area contributed by atoms with Gasteiger partial charge in [0.05, 0.1) is 19.8 Å². The Morgan fingerprint density at radius 1 is 1.14 bits per heavy atom. The number of hydrogen-bond donors (Lipinski definition) is 0. The number of benzene rings is 1. The van der Waals surface area contributed by atoms with E-state index in [9.17, 15) is 9.59 Å². The lowest BCUT2D eigenvalue weighted by Gasteiger charge is -2.04. The van der Waals surface area contributed by atoms with Gasteiger partial charge < -0.3 is 13.9 Å². The van der Waals surface area contributed by atoms with Gasteiger partial charge in [-0.2, -0.15) is 4.99 Å². The zero-order chi connectivity index (χ0) is 15.8. The number of hydrogen-bond acceptors (Lipinski definition) is 5. The molecule has 1 aromatic carbocycles. The maximum Gasteiger partial charge on any atom is 0.434 e. The van der Waals surface area contributed by atoms with Crippen molar-refractivity contribution in [3.8, 4) is 0 Å². The number of furan rings is 1. The summed E-state index contributed by atoms with van der Waals surface area (Å²) in [6, 6.07) is 12.5. The first-order valence-corrected chi connectivity index (χ1v) is 6.58. The van der Waals surface area contributed by atoms with Crippen LogP contribution in [0, 0.1) is 0 Å². The summed E-state index contributed by atoms with van der Waals surface area (Å²) in [6.07, 6.45) is 0.675. The van der Waals surface area contributed by atoms with E-state index >= 15 is 0 Å². The lowest BCUT2D eigenvalue weighted by molar-refractivity contribution is -0.132. The standard InChI is InChI=1S/C16H15NO5/c1-20-15(18)14(10-13-8-5-9-21-13)17-16(19)22-11-12-6-3-2-4-7-12/h2-9H,10-11H2,1H3. The fourth-order valence-corrected chi connectivity index (χ4v) is 1.72. The van der Waals surface area contributed by atoms with E-state index < -0.39 is 12.1 Å². The van der Waals surface area contributed by atoms with Crippen LogP contribution in [0.1, 0.15) is 11.3 Å². The summed E-state index contributed by atoms with van der Waals surface area (Å²) in [4.78, 5) is 27.0. The van der Waals surface area contributed by atoms with Crippen LogP contribution in [0.4, 0.5) is 4.79 Å². The topological polar surface area (TPSA) is 78.1 Å². The summed E-state index contributed by atoms with van der Waals surface area (Å²) in [7, 11) is 1.22. The summed E-state index contributed by atoms with van der Waals surface area (Å²) < 4.78 is 14.7. The second-order valence-corrected chi connectivity index (χ2v) is 4.35. The van der Waals surface area contributed by atoms with E-state index in [2.05, 4.69) is 9.73 Å². The number of rotatable bonds is 5. The minimum absolute atomic E-state index is 0.0557. The maximum absolute atomic E-state index is 11.7. The Bertz CT molecular complexity index is 646. The fraction of sp³-hybridized carbons (Fsp3) is 0.188. The molecule has 0 saturated carbocycles. The molecule has 0 aliphatic heterocycles. The van der Waals surface area contributed by atoms with Crippen molar-refractivity contribution in [2.45, 2.75) is 13.0 Å². The minimum atomic E-state index is -0.851. The van der Waals surface area contributed by atoms with E-state index in [1.54, 1.807) is 12.1 Å². The molecular formula is C16H15NO5. The van der Waals surface area contributed by atoms with Crippen LogP contribution in [0.5, 0.6) is 0 Å². The number of amides is 1. The molecular weight excluding hydrogens is 286 g/mol. The van der Waals surface area contributed by atoms with Gasteiger partial charge in [-0.05, 0) is 17.7 Å². The molecule has 1 aromatic heterocycles. The average Bonchev–Trinajstić information content (AvgIpc) is 3.05. The smallest absolute Gasteiger partial charge is 0.434 e. The third-order valence-corrected chi connectivity index (χ3v) is 2.77. The van der Waals surface area contributed by atoms with Crippen LogP contribution in [0.2, 0.25) is 0 Å². The molecule has 114 valence electrons. The summed E-state index contributed by atoms with van der Waals surface area (Å²) in [5, 5.41) is 0. The number of carbonyl (C=O) groups excluding carboxylic acids is 2. The third kappa shape index (κ3) is 4.59. The second kappa shape index (κ2) is 7.78. The van der Waals surface area contributed by atoms with Crippen molar-refractivity contribution in [1.82, 2.24) is 0 Å². The first-order chi connectivity index (χ1) is 10.7. The molecule has 0 aliphatic carbocycles. The van der Waals surface area contributed by atoms with Crippen LogP contribution >= 0.6 is 0 Å². The molecule has 1 amide bonds. The Morgan fingerprint density at radius 2 is 1.91 bits per heavy atom. The Morgan fingerprint density at radius 3 is 2.55 bits per heavy atom. The average molecular weight is 301 g/mol. The molecule has 0 saturated heterocycles. The van der Waals surface area contributed by atoms with E-state index in [0.29, 0.717) is 5.76 Å². The van der Waals surface area contributed by atoms with Crippen LogP contribution in [0.15, 0.2) is 58.1 Å². The summed E-state index contributed by atoms with van der Waals surface area (Å²) >= 11 is 0. The van der Waals surface area contributed by atoms with Crippen molar-refractivity contribution in [2.75, 3.05) is 7.11 Å². The molecule has 6 heteroatoms. The Balaban J connectivity index is 2.01. The fourth-order valence-electron chi connectivity index (χ4n) is 1.72. The summed E-state index contributed by atoms with van der Waals surface area (Å²) in [5.74, 6) is -0.201. The van der Waals surface area contributed by atoms with Crippen molar-refractivity contribution in [3.63, 3.8) is 0 Å². The van der Waals surface area contributed by atoms with Gasteiger partial charge in [0.2, 0.25) is 0 Å². The maximum atomic E-state index is 11.7. The molecule has 0 spiro atoms. The molecule has 0 aliphatic rings. The van der Waals surface area contributed by atoms with Gasteiger partial charge in [0, 0.05) is 0 Å². The highest BCUT2D eigenvalue weighted by atomic mass is 16.5. The Labute approximate surface area is 127 Å². The van der Waals surface area contributed by atoms with Crippen LogP contribution < -0.4 is 0 Å². The molecule has 0 unspecified atom stereocenters. The molecule has 1 heterocycles. The van der Waals surface area contributed by atoms with Gasteiger partial charge >= 0.3 is 12.1 Å². The number of esters is 1. The lowest BCUT2D eigenvalue weighted by Crippen LogP contribution is -2.20. The normalized spacial score (nSPS) is 11.0. The lowest BCUT2D eigenvalue weighted by atomic mass is 10.2. The Kier molecular flexibility index (Phi) is 5.48. The second-order valence-electron chi connectivity index (χ2n) is 4.35. The predicted octanol–water partition coefficient (Wildman–Crippen LogP) is 2.77. The zero-order valence-electron chi connectivity index (χ0n) is 12.0. The first kappa shape index (κ1) is 15.5. The number of carbonyl (C=O) groups is 2. The van der Waals surface area contributed by atoms with Crippen LogP contribution in [0.25, 0.3) is 0 Å². The van der Waals surface area contributed by atoms with Gasteiger partial charge in [-0.1, -0.05) is 30.3 Å². The van der Waals surface area contributed by atoms with Crippen LogP contribution in [-0.4, -0.2) is 24.9 Å². The van der Waals surface area contributed by atoms with E-state index in [1.807, 2.05) is 30.3 Å². The van der Waals surface area contributed by atoms with E-state index in [0.717, 1.165) is 5.56 Å². The van der Waals surface area contributed by atoms with Gasteiger partial charge in [-0.15, -0.1) is 0 Å². The van der Waals surface area contributed by atoms with Crippen LogP contribution in [0.3, 0.4) is 0 Å². The molecule has 0 N–H and O–H groups in total. The highest BCUT2D eigenvalue weighted by Crippen LogP contribution is 2.06. The summed E-state index contributed by atoms with van der Waals surface area (Å²) in [5.41, 5.74) is 0.757. The molecule has 0 fully saturated rings. The SMILES string of the molecule is COC(=O)C(Cc1ccco1)=NC(=O)OCc1ccccc1. The number of methoxy groups -OCH3 is 1. The van der Waals surface area contributed by atoms with Crippen LogP contribution in [-0.2, 0) is 27.3 Å². The molecule has 0 atom stereocenters. The highest BCUT2D eigenvalue weighted by molar-refractivity contribution is 6.38. The highest BCUT2D eigenvalue weighted by Gasteiger charge is 2.16. The van der Waals surface area contributed by atoms with Gasteiger partial charge in [0.1, 0.15) is 18.1 Å². The Hall–Kier alpha value is -2.89. The van der Waals surface area contributed by atoms with E-state index in [4.69, 9.17) is 9.15 Å². The number of ether oxygens (including phenoxy) is 2. The molecule has 0 radical (unpaired) electrons. The van der Waals surface area contributed by atoms with Crippen molar-refractivity contribution in [1.29, 1.82) is 0 Å². The van der Waals surface area contributed by atoms with Gasteiger partial charge in [-0.3, -0.25) is 0 Å². The molecule has 2 rings (SSSR count). The molecule has 6 nitrogen and oxygen atoms in total. The minimum Gasteiger partial charge on any atom is -0.469 e. The molecule has 0 bridgehead atoms. The van der Waals surface area contributed by atoms with Gasteiger partial charge in [-0.25, -0.2) is 9.59 Å². The predicted molar refractivity (Wildman–Crippen MR) is 78.5 cm³/mol. The van der Waals surface area contributed by atoms with Crippen molar-refractivity contribution < 1.29 is 23.5 Å². The van der Waals surface area contributed by atoms with Gasteiger partial charge in [0.15, 0.2) is 0 Å². The quantitative estimate of drug-likeness (QED) is 0.627. The zero-order valence-corrected chi connectivity index (χ0v) is 12.0. The molecule has 2 aromatic rings. The van der Waals surface area contributed by atoms with E-state index in [1.165, 1.54) is 13.4 Å². The van der Waals surface area contributed by atoms with Crippen molar-refractivity contribution >= 4 is 17.8 Å². The van der Waals surface area contributed by atoms with Gasteiger partial charge in [0.25, 0.3) is 0 Å². The van der Waals surface area contributed by atoms with Crippen molar-refractivity contribution in [3.05, 3.63) is 60.1 Å². The first-order valence-electron chi connectivity index (χ1n) is 6.58. The third-order valence-electron chi connectivity index (χ3n) is 2.77. The largest absolute Gasteiger partial charge is 0.469 e. The van der Waals surface area contributed by atoms with E-state index in [-0.39, 0.29) is 18.7 Å². The van der Waals surface area contributed by atoms with Crippen molar-refractivity contribution in [2.24, 2.45) is 4.99 Å². The number of nitrogens with zero attached hydrogens (tertiary/aromatic N) is 1. The summed E-state index contributed by atoms with van der Waals surface area (Å²) in [6.45, 7) is 0.0817. The number of aliphatic imine (C=N–C) groups is 1. The monoisotopic (exact) mass is 301 g/mol. The molecule has 22 heavy (non-hydrogen) atoms.